The van der Waals surface area contributed by atoms with Gasteiger partial charge >= 0.3 is 12.3 Å². The van der Waals surface area contributed by atoms with Crippen molar-refractivity contribution < 1.29 is 27.4 Å². The number of cyclic esters (lactones) is 1. The van der Waals surface area contributed by atoms with Crippen LogP contribution >= 0.6 is 22.6 Å². The summed E-state index contributed by atoms with van der Waals surface area (Å²) in [4.78, 5) is 16.7. The van der Waals surface area contributed by atoms with Crippen molar-refractivity contribution in [3.8, 4) is 17.1 Å². The zero-order valence-electron chi connectivity index (χ0n) is 12.6. The molecular weight excluding hydrogens is 454 g/mol. The predicted molar refractivity (Wildman–Crippen MR) is 89.5 cm³/mol. The fourth-order valence-corrected chi connectivity index (χ4v) is 3.34. The molecule has 2 aromatic rings. The van der Waals surface area contributed by atoms with Crippen molar-refractivity contribution in [1.82, 2.24) is 9.55 Å². The van der Waals surface area contributed by atoms with Gasteiger partial charge in [-0.3, -0.25) is 0 Å². The Hall–Kier alpha value is -1.98. The molecule has 0 aliphatic carbocycles. The summed E-state index contributed by atoms with van der Waals surface area (Å²) in [5.41, 5.74) is 0.667. The standard InChI is InChI=1S/C15H11F3IN3O3/c16-15(17,18)11-7-25-14(23)22(11)12-6-21-3-4-24-10-5-8(19)1-2-9(10)13(21)20-12/h1-2,5-6,11H,3-4,7H2. The molecule has 10 heteroatoms. The van der Waals surface area contributed by atoms with Crippen LogP contribution < -0.4 is 9.64 Å². The number of hydrogen-bond donors (Lipinski definition) is 0. The average molecular weight is 465 g/mol. The van der Waals surface area contributed by atoms with Gasteiger partial charge in [0.25, 0.3) is 0 Å². The molecule has 6 nitrogen and oxygen atoms in total. The van der Waals surface area contributed by atoms with Gasteiger partial charge in [0, 0.05) is 9.77 Å². The van der Waals surface area contributed by atoms with E-state index < -0.39 is 24.9 Å². The number of rotatable bonds is 1. The number of nitrogens with zero attached hydrogens (tertiary/aromatic N) is 3. The largest absolute Gasteiger partial charge is 0.491 e. The lowest BCUT2D eigenvalue weighted by Gasteiger charge is -2.21. The molecule has 1 saturated heterocycles. The Bertz CT molecular complexity index is 852. The second-order valence-corrected chi connectivity index (χ2v) is 6.86. The number of fused-ring (bicyclic) bond motifs is 3. The lowest BCUT2D eigenvalue weighted by molar-refractivity contribution is -0.147. The first-order chi connectivity index (χ1) is 11.8. The Balaban J connectivity index is 1.79. The molecule has 0 spiro atoms. The van der Waals surface area contributed by atoms with E-state index in [9.17, 15) is 18.0 Å². The molecule has 1 fully saturated rings. The van der Waals surface area contributed by atoms with E-state index in [-0.39, 0.29) is 5.82 Å². The van der Waals surface area contributed by atoms with Crippen LogP contribution in [0.2, 0.25) is 0 Å². The van der Waals surface area contributed by atoms with E-state index in [0.29, 0.717) is 35.2 Å². The smallest absolute Gasteiger partial charge is 0.416 e. The van der Waals surface area contributed by atoms with E-state index in [4.69, 9.17) is 4.74 Å². The summed E-state index contributed by atoms with van der Waals surface area (Å²) < 4.78 is 52.4. The van der Waals surface area contributed by atoms with Gasteiger partial charge < -0.3 is 14.0 Å². The van der Waals surface area contributed by atoms with E-state index >= 15 is 0 Å². The first kappa shape index (κ1) is 16.5. The molecule has 0 N–H and O–H groups in total. The van der Waals surface area contributed by atoms with E-state index in [1.54, 1.807) is 10.6 Å². The molecule has 0 bridgehead atoms. The van der Waals surface area contributed by atoms with Gasteiger partial charge in [0.05, 0.1) is 12.1 Å². The molecule has 25 heavy (non-hydrogen) atoms. The van der Waals surface area contributed by atoms with Gasteiger partial charge in [-0.15, -0.1) is 0 Å². The van der Waals surface area contributed by atoms with Crippen molar-refractivity contribution in [3.63, 3.8) is 0 Å². The Morgan fingerprint density at radius 2 is 2.08 bits per heavy atom. The topological polar surface area (TPSA) is 56.6 Å². The fraction of sp³-hybridized carbons (Fsp3) is 0.333. The molecule has 1 amide bonds. The van der Waals surface area contributed by atoms with Gasteiger partial charge in [0.15, 0.2) is 11.9 Å². The van der Waals surface area contributed by atoms with Crippen LogP contribution in [0.25, 0.3) is 11.4 Å². The summed E-state index contributed by atoms with van der Waals surface area (Å²) in [6, 6.07) is 3.46. The van der Waals surface area contributed by atoms with Gasteiger partial charge in [-0.05, 0) is 40.8 Å². The first-order valence-electron chi connectivity index (χ1n) is 7.37. The van der Waals surface area contributed by atoms with Gasteiger partial charge in [-0.1, -0.05) is 0 Å². The summed E-state index contributed by atoms with van der Waals surface area (Å²) in [6.07, 6.45) is -4.21. The quantitative estimate of drug-likeness (QED) is 0.606. The average Bonchev–Trinajstić information content (AvgIpc) is 3.07. The minimum absolute atomic E-state index is 0.0776. The Morgan fingerprint density at radius 3 is 2.84 bits per heavy atom. The molecule has 1 aromatic heterocycles. The van der Waals surface area contributed by atoms with Crippen molar-refractivity contribution >= 4 is 34.5 Å². The van der Waals surface area contributed by atoms with Crippen LogP contribution in [-0.4, -0.2) is 41.1 Å². The first-order valence-corrected chi connectivity index (χ1v) is 8.45. The molecule has 2 aliphatic heterocycles. The Morgan fingerprint density at radius 1 is 1.28 bits per heavy atom. The maximum atomic E-state index is 13.2. The third kappa shape index (κ3) is 2.81. The van der Waals surface area contributed by atoms with E-state index in [0.717, 1.165) is 3.57 Å². The second-order valence-electron chi connectivity index (χ2n) is 5.61. The molecule has 1 unspecified atom stereocenters. The highest BCUT2D eigenvalue weighted by molar-refractivity contribution is 14.1. The highest BCUT2D eigenvalue weighted by atomic mass is 127. The maximum Gasteiger partial charge on any atom is 0.416 e. The van der Waals surface area contributed by atoms with Crippen molar-refractivity contribution in [1.29, 1.82) is 0 Å². The Labute approximate surface area is 153 Å². The number of carbonyl (C=O) groups excluding carboxylic acids is 1. The molecule has 1 aromatic carbocycles. The van der Waals surface area contributed by atoms with Crippen LogP contribution in [0.5, 0.6) is 5.75 Å². The van der Waals surface area contributed by atoms with Crippen LogP contribution in [0.3, 0.4) is 0 Å². The zero-order chi connectivity index (χ0) is 17.8. The van der Waals surface area contributed by atoms with Gasteiger partial charge in [0.1, 0.15) is 24.8 Å². The molecule has 2 aliphatic rings. The van der Waals surface area contributed by atoms with Crippen LogP contribution in [0.15, 0.2) is 24.4 Å². The minimum atomic E-state index is -4.59. The van der Waals surface area contributed by atoms with Crippen LogP contribution in [0, 0.1) is 3.57 Å². The number of aromatic nitrogens is 2. The monoisotopic (exact) mass is 465 g/mol. The van der Waals surface area contributed by atoms with E-state index in [1.165, 1.54) is 6.20 Å². The van der Waals surface area contributed by atoms with Crippen molar-refractivity contribution in [2.24, 2.45) is 0 Å². The molecule has 4 rings (SSSR count). The number of benzene rings is 1. The van der Waals surface area contributed by atoms with Crippen LogP contribution in [0.4, 0.5) is 23.8 Å². The summed E-state index contributed by atoms with van der Waals surface area (Å²) in [6.45, 7) is 0.0264. The predicted octanol–water partition coefficient (Wildman–Crippen LogP) is 3.43. The number of ether oxygens (including phenoxy) is 2. The number of anilines is 1. The van der Waals surface area contributed by atoms with Gasteiger partial charge in [-0.25, -0.2) is 14.7 Å². The number of amides is 1. The number of carbonyl (C=O) groups is 1. The lowest BCUT2D eigenvalue weighted by Crippen LogP contribution is -2.44. The van der Waals surface area contributed by atoms with E-state index in [2.05, 4.69) is 32.3 Å². The summed E-state index contributed by atoms with van der Waals surface area (Å²) in [5.74, 6) is 0.991. The minimum Gasteiger partial charge on any atom is -0.491 e. The number of alkyl halides is 3. The van der Waals surface area contributed by atoms with Crippen molar-refractivity contribution in [2.75, 3.05) is 18.1 Å². The summed E-state index contributed by atoms with van der Waals surface area (Å²) in [7, 11) is 0. The summed E-state index contributed by atoms with van der Waals surface area (Å²) >= 11 is 2.15. The molecule has 0 saturated carbocycles. The van der Waals surface area contributed by atoms with Gasteiger partial charge in [0.2, 0.25) is 0 Å². The molecule has 3 heterocycles. The molecular formula is C15H11F3IN3O3. The number of hydrogen-bond acceptors (Lipinski definition) is 4. The Kier molecular flexibility index (Phi) is 3.81. The SMILES string of the molecule is O=C1OCC(C(F)(F)F)N1c1cn2c(n1)-c1ccc(I)cc1OCC2. The highest BCUT2D eigenvalue weighted by Gasteiger charge is 2.52. The normalized spacial score (nSPS) is 19.8. The second kappa shape index (κ2) is 5.78. The maximum absolute atomic E-state index is 13.2. The van der Waals surface area contributed by atoms with Crippen molar-refractivity contribution in [2.45, 2.75) is 18.8 Å². The highest BCUT2D eigenvalue weighted by Crippen LogP contribution is 2.37. The van der Waals surface area contributed by atoms with Crippen molar-refractivity contribution in [3.05, 3.63) is 28.0 Å². The zero-order valence-corrected chi connectivity index (χ0v) is 14.7. The molecule has 0 radical (unpaired) electrons. The lowest BCUT2D eigenvalue weighted by atomic mass is 10.2. The third-order valence-electron chi connectivity index (χ3n) is 4.04. The van der Waals surface area contributed by atoms with Crippen LogP contribution in [0.1, 0.15) is 0 Å². The van der Waals surface area contributed by atoms with Gasteiger partial charge in [-0.2, -0.15) is 13.2 Å². The fourth-order valence-electron chi connectivity index (χ4n) is 2.87. The number of halogens is 4. The number of imidazole rings is 1. The molecule has 132 valence electrons. The van der Waals surface area contributed by atoms with Crippen LogP contribution in [-0.2, 0) is 11.3 Å². The van der Waals surface area contributed by atoms with E-state index in [1.807, 2.05) is 12.1 Å². The molecule has 1 atom stereocenters. The summed E-state index contributed by atoms with van der Waals surface area (Å²) in [5, 5.41) is 0. The third-order valence-corrected chi connectivity index (χ3v) is 4.71.